The molecule has 0 aliphatic heterocycles. The zero-order chi connectivity index (χ0) is 21.8. The average Bonchev–Trinajstić information content (AvgIpc) is 3.09. The minimum atomic E-state index is -4.89. The SMILES string of the molecule is C[C@](O)(CC(=O)NCc1cn(Cc2ccccc2)nc1-c1ccccc1)C(F)(F)F. The first-order chi connectivity index (χ1) is 14.2. The van der Waals surface area contributed by atoms with Crippen molar-refractivity contribution in [2.45, 2.75) is 38.2 Å². The lowest BCUT2D eigenvalue weighted by Crippen LogP contribution is -2.46. The first-order valence-corrected chi connectivity index (χ1v) is 9.37. The number of benzene rings is 2. The van der Waals surface area contributed by atoms with Gasteiger partial charge in [-0.1, -0.05) is 60.7 Å². The number of rotatable bonds is 7. The van der Waals surface area contributed by atoms with Crippen LogP contribution in [-0.2, 0) is 17.9 Å². The van der Waals surface area contributed by atoms with Crippen LogP contribution in [0.1, 0.15) is 24.5 Å². The first-order valence-electron chi connectivity index (χ1n) is 9.37. The van der Waals surface area contributed by atoms with E-state index in [0.29, 0.717) is 24.7 Å². The Balaban J connectivity index is 1.78. The fraction of sp³-hybridized carbons (Fsp3) is 0.273. The summed E-state index contributed by atoms with van der Waals surface area (Å²) in [6.45, 7) is 1.09. The number of nitrogens with one attached hydrogen (secondary N) is 1. The molecule has 1 heterocycles. The van der Waals surface area contributed by atoms with Crippen LogP contribution < -0.4 is 5.32 Å². The quantitative estimate of drug-likeness (QED) is 0.612. The molecule has 8 heteroatoms. The Labute approximate surface area is 172 Å². The van der Waals surface area contributed by atoms with Crippen molar-refractivity contribution >= 4 is 5.91 Å². The topological polar surface area (TPSA) is 67.2 Å². The summed E-state index contributed by atoms with van der Waals surface area (Å²) < 4.78 is 40.2. The van der Waals surface area contributed by atoms with Crippen LogP contribution in [0.25, 0.3) is 11.3 Å². The normalized spacial score (nSPS) is 13.6. The number of aromatic nitrogens is 2. The van der Waals surface area contributed by atoms with Gasteiger partial charge in [0.05, 0.1) is 18.7 Å². The number of carbonyl (C=O) groups is 1. The van der Waals surface area contributed by atoms with E-state index >= 15 is 0 Å². The van der Waals surface area contributed by atoms with Crippen molar-refractivity contribution in [3.05, 3.63) is 78.0 Å². The summed E-state index contributed by atoms with van der Waals surface area (Å²) in [5.74, 6) is -0.896. The molecule has 0 aliphatic rings. The number of carbonyl (C=O) groups excluding carboxylic acids is 1. The monoisotopic (exact) mass is 417 g/mol. The van der Waals surface area contributed by atoms with Crippen LogP contribution in [-0.4, -0.2) is 32.6 Å². The lowest BCUT2D eigenvalue weighted by Gasteiger charge is -2.25. The molecule has 30 heavy (non-hydrogen) atoms. The minimum Gasteiger partial charge on any atom is -0.380 e. The Hall–Kier alpha value is -3.13. The molecule has 0 aliphatic carbocycles. The highest BCUT2D eigenvalue weighted by molar-refractivity contribution is 5.77. The van der Waals surface area contributed by atoms with Crippen LogP contribution in [0.15, 0.2) is 66.9 Å². The molecule has 2 aromatic carbocycles. The fourth-order valence-corrected chi connectivity index (χ4v) is 2.95. The summed E-state index contributed by atoms with van der Waals surface area (Å²) in [5.41, 5.74) is 0.0791. The molecule has 3 aromatic rings. The Morgan fingerprint density at radius 1 is 1.07 bits per heavy atom. The molecule has 1 aromatic heterocycles. The molecule has 1 amide bonds. The number of aliphatic hydroxyl groups is 1. The third-order valence-electron chi connectivity index (χ3n) is 4.66. The maximum absolute atomic E-state index is 12.8. The van der Waals surface area contributed by atoms with Crippen molar-refractivity contribution in [3.63, 3.8) is 0 Å². The van der Waals surface area contributed by atoms with Crippen molar-refractivity contribution in [3.8, 4) is 11.3 Å². The van der Waals surface area contributed by atoms with Gasteiger partial charge in [-0.25, -0.2) is 0 Å². The van der Waals surface area contributed by atoms with E-state index in [-0.39, 0.29) is 6.54 Å². The molecule has 158 valence electrons. The van der Waals surface area contributed by atoms with Crippen LogP contribution in [0.2, 0.25) is 0 Å². The zero-order valence-corrected chi connectivity index (χ0v) is 16.4. The molecule has 0 saturated carbocycles. The van der Waals surface area contributed by atoms with Gasteiger partial charge in [0.15, 0.2) is 5.60 Å². The number of halogens is 3. The van der Waals surface area contributed by atoms with Gasteiger partial charge in [0.25, 0.3) is 0 Å². The third kappa shape index (κ3) is 5.27. The maximum atomic E-state index is 12.8. The minimum absolute atomic E-state index is 0.00815. The summed E-state index contributed by atoms with van der Waals surface area (Å²) in [6, 6.07) is 19.0. The molecule has 3 rings (SSSR count). The van der Waals surface area contributed by atoms with Gasteiger partial charge in [0.1, 0.15) is 0 Å². The molecular weight excluding hydrogens is 395 g/mol. The molecule has 2 N–H and O–H groups in total. The molecule has 0 spiro atoms. The zero-order valence-electron chi connectivity index (χ0n) is 16.4. The van der Waals surface area contributed by atoms with Crippen molar-refractivity contribution in [1.29, 1.82) is 0 Å². The fourth-order valence-electron chi connectivity index (χ4n) is 2.95. The number of amides is 1. The van der Waals surface area contributed by atoms with Crippen LogP contribution in [0.5, 0.6) is 0 Å². The predicted molar refractivity (Wildman–Crippen MR) is 106 cm³/mol. The van der Waals surface area contributed by atoms with E-state index in [0.717, 1.165) is 11.1 Å². The van der Waals surface area contributed by atoms with Crippen LogP contribution in [0, 0.1) is 0 Å². The van der Waals surface area contributed by atoms with Crippen molar-refractivity contribution < 1.29 is 23.1 Å². The van der Waals surface area contributed by atoms with Gasteiger partial charge < -0.3 is 10.4 Å². The number of hydrogen-bond donors (Lipinski definition) is 2. The second kappa shape index (κ2) is 8.71. The molecule has 0 unspecified atom stereocenters. The van der Waals surface area contributed by atoms with Gasteiger partial charge in [-0.05, 0) is 12.5 Å². The van der Waals surface area contributed by atoms with E-state index in [2.05, 4.69) is 10.4 Å². The largest absolute Gasteiger partial charge is 0.417 e. The lowest BCUT2D eigenvalue weighted by atomic mass is 10.0. The summed E-state index contributed by atoms with van der Waals surface area (Å²) in [6.07, 6.45) is -4.20. The van der Waals surface area contributed by atoms with Gasteiger partial charge in [0, 0.05) is 23.9 Å². The van der Waals surface area contributed by atoms with Crippen molar-refractivity contribution in [2.75, 3.05) is 0 Å². The summed E-state index contributed by atoms with van der Waals surface area (Å²) in [4.78, 5) is 12.0. The molecule has 0 bridgehead atoms. The molecule has 0 radical (unpaired) electrons. The highest BCUT2D eigenvalue weighted by Gasteiger charge is 2.50. The van der Waals surface area contributed by atoms with Gasteiger partial charge in [-0.3, -0.25) is 9.48 Å². The molecule has 5 nitrogen and oxygen atoms in total. The van der Waals surface area contributed by atoms with Crippen LogP contribution in [0.4, 0.5) is 13.2 Å². The van der Waals surface area contributed by atoms with Crippen LogP contribution >= 0.6 is 0 Å². The van der Waals surface area contributed by atoms with Crippen molar-refractivity contribution in [1.82, 2.24) is 15.1 Å². The van der Waals surface area contributed by atoms with E-state index in [1.54, 1.807) is 10.9 Å². The lowest BCUT2D eigenvalue weighted by molar-refractivity contribution is -0.253. The van der Waals surface area contributed by atoms with Crippen molar-refractivity contribution in [2.24, 2.45) is 0 Å². The van der Waals surface area contributed by atoms with E-state index in [9.17, 15) is 23.1 Å². The van der Waals surface area contributed by atoms with E-state index in [4.69, 9.17) is 0 Å². The Morgan fingerprint density at radius 3 is 2.27 bits per heavy atom. The predicted octanol–water partition coefficient (Wildman–Crippen LogP) is 3.92. The van der Waals surface area contributed by atoms with E-state index in [1.807, 2.05) is 60.7 Å². The summed E-state index contributed by atoms with van der Waals surface area (Å²) in [7, 11) is 0. The standard InChI is InChI=1S/C22H22F3N3O2/c1-21(30,22(23,24)25)12-19(29)26-13-18-15-28(14-16-8-4-2-5-9-16)27-20(18)17-10-6-3-7-11-17/h2-11,15,30H,12-14H2,1H3,(H,26,29)/t21-/m0/s1. The van der Waals surface area contributed by atoms with Crippen LogP contribution in [0.3, 0.4) is 0 Å². The van der Waals surface area contributed by atoms with Gasteiger partial charge in [-0.15, -0.1) is 0 Å². The highest BCUT2D eigenvalue weighted by atomic mass is 19.4. The smallest absolute Gasteiger partial charge is 0.380 e. The Morgan fingerprint density at radius 2 is 1.67 bits per heavy atom. The number of hydrogen-bond acceptors (Lipinski definition) is 3. The average molecular weight is 417 g/mol. The number of nitrogens with zero attached hydrogens (tertiary/aromatic N) is 2. The highest BCUT2D eigenvalue weighted by Crippen LogP contribution is 2.32. The summed E-state index contributed by atoms with van der Waals surface area (Å²) in [5, 5.41) is 16.6. The second-order valence-corrected chi connectivity index (χ2v) is 7.28. The van der Waals surface area contributed by atoms with Gasteiger partial charge in [-0.2, -0.15) is 18.3 Å². The Kier molecular flexibility index (Phi) is 6.26. The number of alkyl halides is 3. The first kappa shape index (κ1) is 21.6. The second-order valence-electron chi connectivity index (χ2n) is 7.28. The van der Waals surface area contributed by atoms with E-state index in [1.165, 1.54) is 0 Å². The Bertz CT molecular complexity index is 984. The third-order valence-corrected chi connectivity index (χ3v) is 4.66. The van der Waals surface area contributed by atoms with Gasteiger partial charge in [0.2, 0.25) is 5.91 Å². The van der Waals surface area contributed by atoms with Gasteiger partial charge >= 0.3 is 6.18 Å². The maximum Gasteiger partial charge on any atom is 0.417 e. The molecule has 1 atom stereocenters. The molecular formula is C22H22F3N3O2. The van der Waals surface area contributed by atoms with E-state index < -0.39 is 24.1 Å². The summed E-state index contributed by atoms with van der Waals surface area (Å²) >= 11 is 0. The molecule has 0 fully saturated rings. The molecule has 0 saturated heterocycles.